The minimum Gasteiger partial charge on any atom is -0.490 e. The molecule has 31 heavy (non-hydrogen) atoms. The van der Waals surface area contributed by atoms with Gasteiger partial charge in [-0.05, 0) is 12.1 Å². The molecule has 0 aliphatic heterocycles. The zero-order chi connectivity index (χ0) is 22.7. The number of methoxy groups -OCH3 is 3. The summed E-state index contributed by atoms with van der Waals surface area (Å²) >= 11 is 0. The molecular formula is C20H16FN3O7. The number of carbonyl (C=O) groups excluding carboxylic acids is 2. The lowest BCUT2D eigenvalue weighted by atomic mass is 10.0. The lowest BCUT2D eigenvalue weighted by Gasteiger charge is -2.07. The van der Waals surface area contributed by atoms with Crippen LogP contribution in [0, 0.1) is 15.9 Å². The summed E-state index contributed by atoms with van der Waals surface area (Å²) in [5.41, 5.74) is -1.65. The minimum absolute atomic E-state index is 0.318. The van der Waals surface area contributed by atoms with Crippen molar-refractivity contribution in [1.82, 2.24) is 9.78 Å². The molecule has 0 amide bonds. The lowest BCUT2D eigenvalue weighted by Crippen LogP contribution is -2.15. The number of hydrogen-bond acceptors (Lipinski definition) is 8. The molecule has 11 heteroatoms. The highest BCUT2D eigenvalue weighted by molar-refractivity contribution is 6.07. The van der Waals surface area contributed by atoms with Crippen molar-refractivity contribution in [3.63, 3.8) is 0 Å². The number of carbonyl (C=O) groups is 2. The average Bonchev–Trinajstić information content (AvgIpc) is 3.18. The monoisotopic (exact) mass is 429 g/mol. The SMILES string of the molecule is COC(=O)c1c(-c2cc([N+](=O)[O-])c(OC)cc2F)nn(-c2ccccc2)c1C(=O)OC. The molecule has 0 spiro atoms. The van der Waals surface area contributed by atoms with Gasteiger partial charge in [-0.1, -0.05) is 18.2 Å². The molecule has 0 unspecified atom stereocenters. The molecule has 1 aromatic heterocycles. The quantitative estimate of drug-likeness (QED) is 0.333. The van der Waals surface area contributed by atoms with Gasteiger partial charge in [0.05, 0.1) is 31.9 Å². The summed E-state index contributed by atoms with van der Waals surface area (Å²) < 4.78 is 30.4. The number of para-hydroxylation sites is 1. The summed E-state index contributed by atoms with van der Waals surface area (Å²) in [6.45, 7) is 0. The van der Waals surface area contributed by atoms with Crippen LogP contribution in [0.2, 0.25) is 0 Å². The number of aromatic nitrogens is 2. The second-order valence-electron chi connectivity index (χ2n) is 6.06. The molecule has 0 saturated heterocycles. The number of benzene rings is 2. The predicted octanol–water partition coefficient (Wildman–Crippen LogP) is 3.17. The Labute approximate surface area is 174 Å². The van der Waals surface area contributed by atoms with Crippen LogP contribution in [0.25, 0.3) is 16.9 Å². The van der Waals surface area contributed by atoms with Gasteiger partial charge in [0.25, 0.3) is 0 Å². The van der Waals surface area contributed by atoms with Crippen LogP contribution in [-0.4, -0.2) is 48.0 Å². The maximum Gasteiger partial charge on any atom is 0.357 e. The molecule has 0 aliphatic carbocycles. The highest BCUT2D eigenvalue weighted by Crippen LogP contribution is 2.37. The van der Waals surface area contributed by atoms with Gasteiger partial charge in [-0.15, -0.1) is 0 Å². The largest absolute Gasteiger partial charge is 0.490 e. The summed E-state index contributed by atoms with van der Waals surface area (Å²) in [5.74, 6) is -3.22. The van der Waals surface area contributed by atoms with Gasteiger partial charge in [-0.2, -0.15) is 5.10 Å². The third-order valence-corrected chi connectivity index (χ3v) is 4.37. The van der Waals surface area contributed by atoms with E-state index < -0.39 is 39.5 Å². The highest BCUT2D eigenvalue weighted by atomic mass is 19.1. The summed E-state index contributed by atoms with van der Waals surface area (Å²) in [6, 6.07) is 9.91. The Morgan fingerprint density at radius 2 is 1.71 bits per heavy atom. The van der Waals surface area contributed by atoms with Crippen LogP contribution < -0.4 is 4.74 Å². The van der Waals surface area contributed by atoms with E-state index in [2.05, 4.69) is 5.10 Å². The summed E-state index contributed by atoms with van der Waals surface area (Å²) in [4.78, 5) is 35.8. The van der Waals surface area contributed by atoms with Crippen molar-refractivity contribution in [1.29, 1.82) is 0 Å². The van der Waals surface area contributed by atoms with Crippen molar-refractivity contribution in [2.45, 2.75) is 0 Å². The smallest absolute Gasteiger partial charge is 0.357 e. The van der Waals surface area contributed by atoms with E-state index in [1.54, 1.807) is 30.3 Å². The fourth-order valence-corrected chi connectivity index (χ4v) is 2.97. The van der Waals surface area contributed by atoms with E-state index in [1.807, 2.05) is 0 Å². The first-order chi connectivity index (χ1) is 14.8. The molecule has 160 valence electrons. The lowest BCUT2D eigenvalue weighted by molar-refractivity contribution is -0.385. The van der Waals surface area contributed by atoms with Crippen LogP contribution in [0.15, 0.2) is 42.5 Å². The second-order valence-corrected chi connectivity index (χ2v) is 6.06. The Hall–Kier alpha value is -4.28. The van der Waals surface area contributed by atoms with Crippen molar-refractivity contribution in [2.24, 2.45) is 0 Å². The second kappa shape index (κ2) is 8.61. The van der Waals surface area contributed by atoms with Gasteiger partial charge in [0, 0.05) is 17.7 Å². The Morgan fingerprint density at radius 1 is 1.06 bits per heavy atom. The Bertz CT molecular complexity index is 1180. The number of ether oxygens (including phenoxy) is 3. The first-order valence-corrected chi connectivity index (χ1v) is 8.71. The Morgan fingerprint density at radius 3 is 2.26 bits per heavy atom. The predicted molar refractivity (Wildman–Crippen MR) is 105 cm³/mol. The number of rotatable bonds is 6. The van der Waals surface area contributed by atoms with Crippen LogP contribution in [0.3, 0.4) is 0 Å². The van der Waals surface area contributed by atoms with Crippen LogP contribution in [0.1, 0.15) is 20.8 Å². The Kier molecular flexibility index (Phi) is 5.95. The average molecular weight is 429 g/mol. The van der Waals surface area contributed by atoms with Crippen LogP contribution in [0.4, 0.5) is 10.1 Å². The van der Waals surface area contributed by atoms with Gasteiger partial charge < -0.3 is 14.2 Å². The van der Waals surface area contributed by atoms with Crippen molar-refractivity contribution < 1.29 is 33.1 Å². The van der Waals surface area contributed by atoms with Gasteiger partial charge in [0.1, 0.15) is 17.1 Å². The molecule has 2 aromatic carbocycles. The van der Waals surface area contributed by atoms with Crippen molar-refractivity contribution in [3.8, 4) is 22.7 Å². The van der Waals surface area contributed by atoms with E-state index in [9.17, 15) is 24.1 Å². The zero-order valence-corrected chi connectivity index (χ0v) is 16.6. The van der Waals surface area contributed by atoms with Gasteiger partial charge >= 0.3 is 17.6 Å². The molecule has 3 rings (SSSR count). The molecule has 0 fully saturated rings. The van der Waals surface area contributed by atoms with Crippen molar-refractivity contribution in [3.05, 3.63) is 69.7 Å². The molecular weight excluding hydrogens is 413 g/mol. The van der Waals surface area contributed by atoms with E-state index in [4.69, 9.17) is 14.2 Å². The number of hydrogen-bond donors (Lipinski definition) is 0. The molecule has 10 nitrogen and oxygen atoms in total. The molecule has 0 saturated carbocycles. The molecule has 0 radical (unpaired) electrons. The maximum absolute atomic E-state index is 14.9. The van der Waals surface area contributed by atoms with E-state index >= 15 is 0 Å². The number of halogens is 1. The number of esters is 2. The zero-order valence-electron chi connectivity index (χ0n) is 16.6. The fraction of sp³-hybridized carbons (Fsp3) is 0.150. The van der Waals surface area contributed by atoms with E-state index in [-0.39, 0.29) is 17.1 Å². The first-order valence-electron chi connectivity index (χ1n) is 8.71. The third kappa shape index (κ3) is 3.80. The number of nitro groups is 1. The normalized spacial score (nSPS) is 10.5. The van der Waals surface area contributed by atoms with Crippen LogP contribution in [0.5, 0.6) is 5.75 Å². The fourth-order valence-electron chi connectivity index (χ4n) is 2.97. The molecule has 3 aromatic rings. The van der Waals surface area contributed by atoms with Gasteiger partial charge in [-0.25, -0.2) is 18.7 Å². The van der Waals surface area contributed by atoms with E-state index in [1.165, 1.54) is 0 Å². The summed E-state index contributed by atoms with van der Waals surface area (Å²) in [6.07, 6.45) is 0. The van der Waals surface area contributed by atoms with Crippen molar-refractivity contribution in [2.75, 3.05) is 21.3 Å². The Balaban J connectivity index is 2.42. The molecule has 0 atom stereocenters. The maximum atomic E-state index is 14.9. The topological polar surface area (TPSA) is 123 Å². The van der Waals surface area contributed by atoms with E-state index in [0.717, 1.165) is 38.1 Å². The van der Waals surface area contributed by atoms with Gasteiger partial charge in [-0.3, -0.25) is 10.1 Å². The van der Waals surface area contributed by atoms with Gasteiger partial charge in [0.15, 0.2) is 11.4 Å². The number of nitrogens with zero attached hydrogens (tertiary/aromatic N) is 3. The van der Waals surface area contributed by atoms with Crippen LogP contribution >= 0.6 is 0 Å². The molecule has 1 heterocycles. The minimum atomic E-state index is -1.00. The summed E-state index contributed by atoms with van der Waals surface area (Å²) in [7, 11) is 3.32. The standard InChI is InChI=1S/C20H16FN3O7/c1-29-15-10-13(21)12(9-14(15)24(27)28)17-16(19(25)30-2)18(20(26)31-3)23(22-17)11-7-5-4-6-8-11/h4-10H,1-3H3. The van der Waals surface area contributed by atoms with Crippen molar-refractivity contribution >= 4 is 17.6 Å². The highest BCUT2D eigenvalue weighted by Gasteiger charge is 2.33. The van der Waals surface area contributed by atoms with Gasteiger partial charge in [0.2, 0.25) is 0 Å². The number of nitro benzene ring substituents is 1. The molecule has 0 N–H and O–H groups in total. The first kappa shape index (κ1) is 21.4. The third-order valence-electron chi connectivity index (χ3n) is 4.37. The summed E-state index contributed by atoms with van der Waals surface area (Å²) in [5, 5.41) is 15.6. The van der Waals surface area contributed by atoms with E-state index in [0.29, 0.717) is 5.69 Å². The molecule has 0 aliphatic rings. The molecule has 0 bridgehead atoms. The van der Waals surface area contributed by atoms with Crippen LogP contribution in [-0.2, 0) is 9.47 Å².